The number of rotatable bonds is 6. The molecule has 2 N–H and O–H groups in total. The van der Waals surface area contributed by atoms with Crippen molar-refractivity contribution in [2.45, 2.75) is 45.6 Å². The molecule has 0 aliphatic carbocycles. The third kappa shape index (κ3) is 6.04. The summed E-state index contributed by atoms with van der Waals surface area (Å²) < 4.78 is 0. The van der Waals surface area contributed by atoms with Crippen LogP contribution in [0.3, 0.4) is 0 Å². The van der Waals surface area contributed by atoms with Gasteiger partial charge in [-0.05, 0) is 32.8 Å². The number of amides is 1. The molecule has 0 aliphatic heterocycles. The zero-order valence-electron chi connectivity index (χ0n) is 11.7. The van der Waals surface area contributed by atoms with Crippen LogP contribution in [0.5, 0.6) is 0 Å². The van der Waals surface area contributed by atoms with Gasteiger partial charge in [0, 0.05) is 12.0 Å². The minimum absolute atomic E-state index is 0.0533. The predicted molar refractivity (Wildman–Crippen MR) is 74.0 cm³/mol. The van der Waals surface area contributed by atoms with Crippen LogP contribution in [0.15, 0.2) is 24.3 Å². The Morgan fingerprint density at radius 1 is 1.32 bits per heavy atom. The van der Waals surface area contributed by atoms with E-state index in [4.69, 9.17) is 5.11 Å². The normalized spacial score (nSPS) is 11.1. The molecule has 0 saturated heterocycles. The van der Waals surface area contributed by atoms with Crippen molar-refractivity contribution >= 4 is 11.9 Å². The van der Waals surface area contributed by atoms with E-state index >= 15 is 0 Å². The highest BCUT2D eigenvalue weighted by Crippen LogP contribution is 2.12. The van der Waals surface area contributed by atoms with Gasteiger partial charge < -0.3 is 10.4 Å². The molecule has 0 saturated carbocycles. The highest BCUT2D eigenvalue weighted by atomic mass is 16.4. The summed E-state index contributed by atoms with van der Waals surface area (Å²) in [5.41, 5.74) is 1.58. The lowest BCUT2D eigenvalue weighted by molar-refractivity contribution is -0.137. The number of benzene rings is 1. The largest absolute Gasteiger partial charge is 0.481 e. The van der Waals surface area contributed by atoms with Crippen molar-refractivity contribution < 1.29 is 14.7 Å². The number of hydrogen-bond donors (Lipinski definition) is 2. The van der Waals surface area contributed by atoms with Crippen molar-refractivity contribution in [1.82, 2.24) is 5.32 Å². The van der Waals surface area contributed by atoms with Gasteiger partial charge in [-0.2, -0.15) is 0 Å². The first kappa shape index (κ1) is 15.2. The van der Waals surface area contributed by atoms with Crippen molar-refractivity contribution in [2.24, 2.45) is 0 Å². The lowest BCUT2D eigenvalue weighted by Crippen LogP contribution is -2.44. The molecule has 0 radical (unpaired) electrons. The summed E-state index contributed by atoms with van der Waals surface area (Å²) in [6.45, 7) is 5.66. The number of hydrogen-bond acceptors (Lipinski definition) is 2. The number of carbonyl (C=O) groups excluding carboxylic acids is 1. The topological polar surface area (TPSA) is 66.4 Å². The first-order chi connectivity index (χ1) is 8.78. The average Bonchev–Trinajstić information content (AvgIpc) is 2.25. The molecule has 1 aromatic rings. The molecule has 0 unspecified atom stereocenters. The van der Waals surface area contributed by atoms with Crippen LogP contribution in [-0.2, 0) is 16.0 Å². The van der Waals surface area contributed by atoms with Gasteiger partial charge in [-0.25, -0.2) is 0 Å². The van der Waals surface area contributed by atoms with Gasteiger partial charge in [0.15, 0.2) is 0 Å². The second kappa shape index (κ2) is 6.36. The standard InChI is InChI=1S/C15H21NO3/c1-11-5-4-6-12(9-11)10-13(17)16-15(2,3)8-7-14(18)19/h4-6,9H,7-8,10H2,1-3H3,(H,16,17)(H,18,19). The Kier molecular flexibility index (Phi) is 5.10. The maximum absolute atomic E-state index is 11.9. The molecule has 4 nitrogen and oxygen atoms in total. The molecule has 1 aromatic carbocycles. The molecule has 0 fully saturated rings. The van der Waals surface area contributed by atoms with Crippen molar-refractivity contribution in [1.29, 1.82) is 0 Å². The van der Waals surface area contributed by atoms with Crippen LogP contribution in [0.4, 0.5) is 0 Å². The Bertz CT molecular complexity index is 466. The second-order valence-electron chi connectivity index (χ2n) is 5.49. The minimum Gasteiger partial charge on any atom is -0.481 e. The highest BCUT2D eigenvalue weighted by molar-refractivity contribution is 5.79. The van der Waals surface area contributed by atoms with Crippen LogP contribution in [0.2, 0.25) is 0 Å². The zero-order chi connectivity index (χ0) is 14.5. The Labute approximate surface area is 113 Å². The molecular formula is C15H21NO3. The van der Waals surface area contributed by atoms with Gasteiger partial charge in [0.1, 0.15) is 0 Å². The summed E-state index contributed by atoms with van der Waals surface area (Å²) >= 11 is 0. The highest BCUT2D eigenvalue weighted by Gasteiger charge is 2.21. The molecule has 0 atom stereocenters. The van der Waals surface area contributed by atoms with E-state index in [1.165, 1.54) is 0 Å². The van der Waals surface area contributed by atoms with Gasteiger partial charge in [-0.1, -0.05) is 29.8 Å². The predicted octanol–water partition coefficient (Wildman–Crippen LogP) is 2.30. The second-order valence-corrected chi connectivity index (χ2v) is 5.49. The Balaban J connectivity index is 2.52. The molecule has 0 heterocycles. The fraction of sp³-hybridized carbons (Fsp3) is 0.467. The van der Waals surface area contributed by atoms with Crippen LogP contribution in [-0.4, -0.2) is 22.5 Å². The average molecular weight is 263 g/mol. The molecule has 0 aliphatic rings. The number of aliphatic carboxylic acids is 1. The van der Waals surface area contributed by atoms with E-state index in [2.05, 4.69) is 5.32 Å². The summed E-state index contributed by atoms with van der Waals surface area (Å²) in [6, 6.07) is 7.80. The molecule has 4 heteroatoms. The number of nitrogens with one attached hydrogen (secondary N) is 1. The summed E-state index contributed by atoms with van der Waals surface area (Å²) in [4.78, 5) is 22.5. The fourth-order valence-electron chi connectivity index (χ4n) is 1.91. The van der Waals surface area contributed by atoms with Gasteiger partial charge in [0.05, 0.1) is 6.42 Å². The fourth-order valence-corrected chi connectivity index (χ4v) is 1.91. The lowest BCUT2D eigenvalue weighted by atomic mass is 9.97. The molecule has 104 valence electrons. The van der Waals surface area contributed by atoms with E-state index in [-0.39, 0.29) is 12.3 Å². The molecule has 1 rings (SSSR count). The van der Waals surface area contributed by atoms with E-state index in [0.29, 0.717) is 12.8 Å². The van der Waals surface area contributed by atoms with E-state index in [1.807, 2.05) is 45.0 Å². The third-order valence-electron chi connectivity index (χ3n) is 2.89. The monoisotopic (exact) mass is 263 g/mol. The number of carboxylic acids is 1. The van der Waals surface area contributed by atoms with Crippen molar-refractivity contribution in [3.05, 3.63) is 35.4 Å². The first-order valence-corrected chi connectivity index (χ1v) is 6.37. The van der Waals surface area contributed by atoms with E-state index < -0.39 is 11.5 Å². The van der Waals surface area contributed by atoms with E-state index in [9.17, 15) is 9.59 Å². The SMILES string of the molecule is Cc1cccc(CC(=O)NC(C)(C)CCC(=O)O)c1. The van der Waals surface area contributed by atoms with Crippen molar-refractivity contribution in [3.8, 4) is 0 Å². The molecule has 19 heavy (non-hydrogen) atoms. The Morgan fingerprint density at radius 2 is 2.00 bits per heavy atom. The number of carbonyl (C=O) groups is 2. The van der Waals surface area contributed by atoms with Crippen LogP contribution in [0, 0.1) is 6.92 Å². The van der Waals surface area contributed by atoms with E-state index in [0.717, 1.165) is 11.1 Å². The molecular weight excluding hydrogens is 242 g/mol. The number of carboxylic acid groups (broad SMARTS) is 1. The molecule has 1 amide bonds. The van der Waals surface area contributed by atoms with Crippen LogP contribution in [0.1, 0.15) is 37.8 Å². The molecule has 0 spiro atoms. The lowest BCUT2D eigenvalue weighted by Gasteiger charge is -2.25. The van der Waals surface area contributed by atoms with Crippen LogP contribution >= 0.6 is 0 Å². The molecule has 0 bridgehead atoms. The van der Waals surface area contributed by atoms with Gasteiger partial charge in [-0.3, -0.25) is 9.59 Å². The minimum atomic E-state index is -0.846. The van der Waals surface area contributed by atoms with Gasteiger partial charge in [0.2, 0.25) is 5.91 Å². The Hall–Kier alpha value is -1.84. The van der Waals surface area contributed by atoms with Crippen LogP contribution < -0.4 is 5.32 Å². The first-order valence-electron chi connectivity index (χ1n) is 6.37. The third-order valence-corrected chi connectivity index (χ3v) is 2.89. The van der Waals surface area contributed by atoms with E-state index in [1.54, 1.807) is 0 Å². The molecule has 0 aromatic heterocycles. The van der Waals surface area contributed by atoms with Gasteiger partial charge in [0.25, 0.3) is 0 Å². The Morgan fingerprint density at radius 3 is 2.58 bits per heavy atom. The van der Waals surface area contributed by atoms with Crippen molar-refractivity contribution in [3.63, 3.8) is 0 Å². The summed E-state index contributed by atoms with van der Waals surface area (Å²) in [6.07, 6.45) is 0.789. The van der Waals surface area contributed by atoms with Crippen LogP contribution in [0.25, 0.3) is 0 Å². The quantitative estimate of drug-likeness (QED) is 0.827. The smallest absolute Gasteiger partial charge is 0.303 e. The van der Waals surface area contributed by atoms with Gasteiger partial charge in [-0.15, -0.1) is 0 Å². The maximum Gasteiger partial charge on any atom is 0.303 e. The summed E-state index contributed by atoms with van der Waals surface area (Å²) in [7, 11) is 0. The van der Waals surface area contributed by atoms with Crippen molar-refractivity contribution in [2.75, 3.05) is 0 Å². The number of aryl methyl sites for hydroxylation is 1. The summed E-state index contributed by atoms with van der Waals surface area (Å²) in [5.74, 6) is -0.929. The maximum atomic E-state index is 11.9. The van der Waals surface area contributed by atoms with Gasteiger partial charge >= 0.3 is 5.97 Å². The summed E-state index contributed by atoms with van der Waals surface area (Å²) in [5, 5.41) is 11.5. The zero-order valence-corrected chi connectivity index (χ0v) is 11.7.